The molecule has 0 aliphatic heterocycles. The number of nitrogens with one attached hydrogen (secondary N) is 1. The molecule has 0 saturated heterocycles. The summed E-state index contributed by atoms with van der Waals surface area (Å²) in [6, 6.07) is 4.45. The predicted molar refractivity (Wildman–Crippen MR) is 63.3 cm³/mol. The zero-order chi connectivity index (χ0) is 11.7. The Morgan fingerprint density at radius 3 is 2.81 bits per heavy atom. The first kappa shape index (κ1) is 11.5. The molecule has 4 heteroatoms. The lowest BCUT2D eigenvalue weighted by Gasteiger charge is -2.33. The number of benzene rings is 1. The summed E-state index contributed by atoms with van der Waals surface area (Å²) in [7, 11) is 0. The highest BCUT2D eigenvalue weighted by atomic mass is 32.1. The van der Waals surface area contributed by atoms with Gasteiger partial charge in [-0.1, -0.05) is 6.92 Å². The monoisotopic (exact) mass is 239 g/mol. The van der Waals surface area contributed by atoms with Crippen LogP contribution in [0, 0.1) is 11.7 Å². The molecule has 1 N–H and O–H groups in total. The van der Waals surface area contributed by atoms with Crippen LogP contribution in [0.4, 0.5) is 4.39 Å². The summed E-state index contributed by atoms with van der Waals surface area (Å²) in [5.74, 6) is -0.181. The molecular formula is C12H14FNOS. The SMILES string of the molecule is CC1CC(NC(=O)c2cc(S)ccc2F)C1. The maximum atomic E-state index is 13.4. The molecule has 0 atom stereocenters. The number of halogens is 1. The Bertz CT molecular complexity index is 415. The third kappa shape index (κ3) is 2.38. The van der Waals surface area contributed by atoms with Crippen molar-refractivity contribution in [1.82, 2.24) is 5.32 Å². The Morgan fingerprint density at radius 1 is 1.50 bits per heavy atom. The lowest BCUT2D eigenvalue weighted by molar-refractivity contribution is 0.0891. The molecule has 1 aliphatic carbocycles. The Labute approximate surface area is 99.6 Å². The molecule has 0 radical (unpaired) electrons. The zero-order valence-corrected chi connectivity index (χ0v) is 9.93. The Balaban J connectivity index is 2.05. The van der Waals surface area contributed by atoms with E-state index in [1.807, 2.05) is 0 Å². The molecule has 1 aliphatic rings. The molecular weight excluding hydrogens is 225 g/mol. The quantitative estimate of drug-likeness (QED) is 0.763. The van der Waals surface area contributed by atoms with Crippen molar-refractivity contribution in [2.45, 2.75) is 30.7 Å². The van der Waals surface area contributed by atoms with E-state index in [2.05, 4.69) is 24.9 Å². The fourth-order valence-corrected chi connectivity index (χ4v) is 2.17. The molecule has 0 bridgehead atoms. The first-order chi connectivity index (χ1) is 7.56. The first-order valence-electron chi connectivity index (χ1n) is 5.35. The summed E-state index contributed by atoms with van der Waals surface area (Å²) in [6.45, 7) is 2.14. The van der Waals surface area contributed by atoms with Gasteiger partial charge in [-0.05, 0) is 37.0 Å². The molecule has 1 aromatic rings. The van der Waals surface area contributed by atoms with Crippen molar-refractivity contribution < 1.29 is 9.18 Å². The van der Waals surface area contributed by atoms with Crippen LogP contribution in [0.1, 0.15) is 30.1 Å². The third-order valence-corrected chi connectivity index (χ3v) is 3.18. The van der Waals surface area contributed by atoms with Crippen LogP contribution in [-0.4, -0.2) is 11.9 Å². The second-order valence-corrected chi connectivity index (χ2v) is 4.93. The van der Waals surface area contributed by atoms with Crippen LogP contribution >= 0.6 is 12.6 Å². The first-order valence-corrected chi connectivity index (χ1v) is 5.80. The topological polar surface area (TPSA) is 29.1 Å². The molecule has 0 spiro atoms. The second kappa shape index (κ2) is 4.45. The second-order valence-electron chi connectivity index (χ2n) is 4.41. The molecule has 1 aromatic carbocycles. The van der Waals surface area contributed by atoms with Gasteiger partial charge in [-0.25, -0.2) is 4.39 Å². The molecule has 1 fully saturated rings. The van der Waals surface area contributed by atoms with E-state index in [0.29, 0.717) is 10.8 Å². The van der Waals surface area contributed by atoms with Crippen LogP contribution in [-0.2, 0) is 0 Å². The number of amides is 1. The van der Waals surface area contributed by atoms with Gasteiger partial charge in [0.15, 0.2) is 0 Å². The highest BCUT2D eigenvalue weighted by molar-refractivity contribution is 7.80. The minimum Gasteiger partial charge on any atom is -0.349 e. The minimum absolute atomic E-state index is 0.0760. The van der Waals surface area contributed by atoms with E-state index in [1.165, 1.54) is 18.2 Å². The lowest BCUT2D eigenvalue weighted by Crippen LogP contribution is -2.43. The van der Waals surface area contributed by atoms with Crippen LogP contribution in [0.2, 0.25) is 0 Å². The number of carbonyl (C=O) groups excluding carboxylic acids is 1. The van der Waals surface area contributed by atoms with Gasteiger partial charge in [0.25, 0.3) is 5.91 Å². The van der Waals surface area contributed by atoms with E-state index in [1.54, 1.807) is 0 Å². The smallest absolute Gasteiger partial charge is 0.254 e. The molecule has 1 saturated carbocycles. The minimum atomic E-state index is -0.498. The summed E-state index contributed by atoms with van der Waals surface area (Å²) in [6.07, 6.45) is 1.96. The number of hydrogen-bond donors (Lipinski definition) is 2. The average Bonchev–Trinajstić information content (AvgIpc) is 2.19. The van der Waals surface area contributed by atoms with Gasteiger partial charge >= 0.3 is 0 Å². The van der Waals surface area contributed by atoms with Crippen molar-refractivity contribution in [3.05, 3.63) is 29.6 Å². The number of hydrogen-bond acceptors (Lipinski definition) is 2. The van der Waals surface area contributed by atoms with Crippen LogP contribution in [0.5, 0.6) is 0 Å². The molecule has 0 heterocycles. The summed E-state index contributed by atoms with van der Waals surface area (Å²) in [4.78, 5) is 12.3. The van der Waals surface area contributed by atoms with Crippen LogP contribution in [0.25, 0.3) is 0 Å². The summed E-state index contributed by atoms with van der Waals surface area (Å²) >= 11 is 4.09. The summed E-state index contributed by atoms with van der Waals surface area (Å²) in [5.41, 5.74) is 0.0760. The van der Waals surface area contributed by atoms with Crippen molar-refractivity contribution in [3.8, 4) is 0 Å². The lowest BCUT2D eigenvalue weighted by atomic mass is 9.82. The number of carbonyl (C=O) groups is 1. The number of rotatable bonds is 2. The predicted octanol–water partition coefficient (Wildman–Crippen LogP) is 2.64. The van der Waals surface area contributed by atoms with Crippen molar-refractivity contribution in [2.75, 3.05) is 0 Å². The molecule has 2 rings (SSSR count). The van der Waals surface area contributed by atoms with Crippen LogP contribution in [0.15, 0.2) is 23.1 Å². The molecule has 1 amide bonds. The van der Waals surface area contributed by atoms with E-state index in [4.69, 9.17) is 0 Å². The standard InChI is InChI=1S/C12H14FNOS/c1-7-4-8(5-7)14-12(15)10-6-9(16)2-3-11(10)13/h2-3,6-8,16H,4-5H2,1H3,(H,14,15). The molecule has 2 nitrogen and oxygen atoms in total. The summed E-state index contributed by atoms with van der Waals surface area (Å²) in [5, 5.41) is 2.82. The van der Waals surface area contributed by atoms with E-state index in [0.717, 1.165) is 12.8 Å². The van der Waals surface area contributed by atoms with Gasteiger partial charge in [0.1, 0.15) is 5.82 Å². The van der Waals surface area contributed by atoms with E-state index in [9.17, 15) is 9.18 Å². The fourth-order valence-electron chi connectivity index (χ4n) is 1.97. The molecule has 0 unspecified atom stereocenters. The van der Waals surface area contributed by atoms with Gasteiger partial charge < -0.3 is 5.32 Å². The molecule has 86 valence electrons. The van der Waals surface area contributed by atoms with Crippen LogP contribution < -0.4 is 5.32 Å². The zero-order valence-electron chi connectivity index (χ0n) is 9.03. The fraction of sp³-hybridized carbons (Fsp3) is 0.417. The van der Waals surface area contributed by atoms with Crippen molar-refractivity contribution in [1.29, 1.82) is 0 Å². The van der Waals surface area contributed by atoms with Gasteiger partial charge in [0, 0.05) is 10.9 Å². The van der Waals surface area contributed by atoms with Crippen molar-refractivity contribution in [2.24, 2.45) is 5.92 Å². The Hall–Kier alpha value is -1.03. The largest absolute Gasteiger partial charge is 0.349 e. The maximum Gasteiger partial charge on any atom is 0.254 e. The van der Waals surface area contributed by atoms with Gasteiger partial charge in [-0.15, -0.1) is 12.6 Å². The highest BCUT2D eigenvalue weighted by Crippen LogP contribution is 2.26. The highest BCUT2D eigenvalue weighted by Gasteiger charge is 2.27. The van der Waals surface area contributed by atoms with Gasteiger partial charge in [0.05, 0.1) is 5.56 Å². The van der Waals surface area contributed by atoms with Gasteiger partial charge in [-0.2, -0.15) is 0 Å². The Morgan fingerprint density at radius 2 is 2.19 bits per heavy atom. The van der Waals surface area contributed by atoms with Crippen molar-refractivity contribution in [3.63, 3.8) is 0 Å². The molecule has 16 heavy (non-hydrogen) atoms. The van der Waals surface area contributed by atoms with Crippen molar-refractivity contribution >= 4 is 18.5 Å². The van der Waals surface area contributed by atoms with E-state index in [-0.39, 0.29) is 17.5 Å². The van der Waals surface area contributed by atoms with E-state index < -0.39 is 5.82 Å². The van der Waals surface area contributed by atoms with Gasteiger partial charge in [0.2, 0.25) is 0 Å². The summed E-state index contributed by atoms with van der Waals surface area (Å²) < 4.78 is 13.4. The Kier molecular flexibility index (Phi) is 3.19. The van der Waals surface area contributed by atoms with E-state index >= 15 is 0 Å². The number of thiol groups is 1. The normalized spacial score (nSPS) is 23.7. The maximum absolute atomic E-state index is 13.4. The molecule has 0 aromatic heterocycles. The van der Waals surface area contributed by atoms with Crippen LogP contribution in [0.3, 0.4) is 0 Å². The third-order valence-electron chi connectivity index (χ3n) is 2.90. The average molecular weight is 239 g/mol. The van der Waals surface area contributed by atoms with Gasteiger partial charge in [-0.3, -0.25) is 4.79 Å².